The average Bonchev–Trinajstić information content (AvgIpc) is 3.13. The van der Waals surface area contributed by atoms with E-state index >= 15 is 0 Å². The summed E-state index contributed by atoms with van der Waals surface area (Å²) >= 11 is 0. The summed E-state index contributed by atoms with van der Waals surface area (Å²) < 4.78 is 0. The number of aliphatic carboxylic acids is 1. The lowest BCUT2D eigenvalue weighted by molar-refractivity contribution is -0.142. The summed E-state index contributed by atoms with van der Waals surface area (Å²) in [5.41, 5.74) is 1.46. The van der Waals surface area contributed by atoms with Crippen molar-refractivity contribution in [2.24, 2.45) is 0 Å². The van der Waals surface area contributed by atoms with Crippen molar-refractivity contribution in [3.63, 3.8) is 0 Å². The quantitative estimate of drug-likeness (QED) is 0.625. The Hall–Kier alpha value is -2.84. The van der Waals surface area contributed by atoms with E-state index in [1.807, 2.05) is 0 Å². The molecule has 3 heterocycles. The number of carbonyl (C=O) groups excluding carboxylic acids is 1. The molecule has 2 aromatic heterocycles. The van der Waals surface area contributed by atoms with Gasteiger partial charge in [0.2, 0.25) is 0 Å². The molecule has 0 spiro atoms. The summed E-state index contributed by atoms with van der Waals surface area (Å²) in [5, 5.41) is 12.0. The lowest BCUT2D eigenvalue weighted by atomic mass is 10.0. The maximum atomic E-state index is 12.2. The van der Waals surface area contributed by atoms with E-state index in [1.165, 1.54) is 11.2 Å². The fourth-order valence-electron chi connectivity index (χ4n) is 2.33. The first-order valence-corrected chi connectivity index (χ1v) is 6.42. The van der Waals surface area contributed by atoms with Gasteiger partial charge in [0.05, 0.1) is 30.8 Å². The van der Waals surface area contributed by atoms with Crippen LogP contribution in [0.15, 0.2) is 18.7 Å². The van der Waals surface area contributed by atoms with Gasteiger partial charge in [0.15, 0.2) is 0 Å². The minimum atomic E-state index is -1.04. The molecule has 1 aliphatic rings. The SMILES string of the molecule is O=C(O)C1Cc2nc[nH]c2CN1C(=O)NCc1ncc[nH]1. The van der Waals surface area contributed by atoms with Gasteiger partial charge in [-0.1, -0.05) is 0 Å². The van der Waals surface area contributed by atoms with Gasteiger partial charge >= 0.3 is 12.0 Å². The van der Waals surface area contributed by atoms with Crippen molar-refractivity contribution in [1.29, 1.82) is 0 Å². The lowest BCUT2D eigenvalue weighted by Crippen LogP contribution is -2.52. The number of nitrogens with zero attached hydrogens (tertiary/aromatic N) is 3. The Morgan fingerprint density at radius 2 is 2.29 bits per heavy atom. The van der Waals surface area contributed by atoms with Gasteiger partial charge in [-0.2, -0.15) is 0 Å². The molecule has 3 rings (SSSR count). The van der Waals surface area contributed by atoms with E-state index in [4.69, 9.17) is 0 Å². The van der Waals surface area contributed by atoms with Crippen molar-refractivity contribution in [3.05, 3.63) is 35.9 Å². The number of carboxylic acids is 1. The number of carbonyl (C=O) groups is 2. The topological polar surface area (TPSA) is 127 Å². The smallest absolute Gasteiger partial charge is 0.326 e. The van der Waals surface area contributed by atoms with Crippen LogP contribution in [0.2, 0.25) is 0 Å². The summed E-state index contributed by atoms with van der Waals surface area (Å²) in [4.78, 5) is 38.7. The van der Waals surface area contributed by atoms with Crippen molar-refractivity contribution >= 4 is 12.0 Å². The highest BCUT2D eigenvalue weighted by Gasteiger charge is 2.35. The van der Waals surface area contributed by atoms with Crippen LogP contribution in [0.1, 0.15) is 17.2 Å². The molecule has 2 aromatic rings. The summed E-state index contributed by atoms with van der Waals surface area (Å²) in [7, 11) is 0. The van der Waals surface area contributed by atoms with Crippen LogP contribution in [0.5, 0.6) is 0 Å². The maximum absolute atomic E-state index is 12.2. The number of carboxylic acid groups (broad SMARTS) is 1. The second-order valence-electron chi connectivity index (χ2n) is 4.71. The number of fused-ring (bicyclic) bond motifs is 1. The fraction of sp³-hybridized carbons (Fsp3) is 0.333. The number of nitrogens with one attached hydrogen (secondary N) is 3. The average molecular weight is 290 g/mol. The van der Waals surface area contributed by atoms with E-state index in [1.54, 1.807) is 12.4 Å². The largest absolute Gasteiger partial charge is 0.480 e. The number of urea groups is 1. The van der Waals surface area contributed by atoms with Crippen LogP contribution in [-0.2, 0) is 24.3 Å². The molecule has 9 heteroatoms. The van der Waals surface area contributed by atoms with Crippen molar-refractivity contribution in [2.75, 3.05) is 0 Å². The van der Waals surface area contributed by atoms with Gasteiger partial charge in [0.25, 0.3) is 0 Å². The monoisotopic (exact) mass is 290 g/mol. The third kappa shape index (κ3) is 2.57. The Morgan fingerprint density at radius 3 is 3.00 bits per heavy atom. The molecule has 0 saturated heterocycles. The predicted molar refractivity (Wildman–Crippen MR) is 70.1 cm³/mol. The predicted octanol–water partition coefficient (Wildman–Crippen LogP) is -0.146. The van der Waals surface area contributed by atoms with E-state index < -0.39 is 18.0 Å². The molecule has 1 atom stereocenters. The van der Waals surface area contributed by atoms with Crippen LogP contribution in [-0.4, -0.2) is 48.0 Å². The molecule has 0 aliphatic carbocycles. The number of rotatable bonds is 3. The van der Waals surface area contributed by atoms with Crippen molar-refractivity contribution in [3.8, 4) is 0 Å². The van der Waals surface area contributed by atoms with E-state index in [2.05, 4.69) is 25.3 Å². The highest BCUT2D eigenvalue weighted by molar-refractivity contribution is 5.83. The molecular weight excluding hydrogens is 276 g/mol. The number of imidazole rings is 2. The molecule has 21 heavy (non-hydrogen) atoms. The van der Waals surface area contributed by atoms with E-state index in [0.717, 1.165) is 5.69 Å². The fourth-order valence-corrected chi connectivity index (χ4v) is 2.33. The van der Waals surface area contributed by atoms with Crippen LogP contribution in [0.4, 0.5) is 4.79 Å². The molecule has 0 fully saturated rings. The van der Waals surface area contributed by atoms with Gasteiger partial charge in [-0.15, -0.1) is 0 Å². The molecule has 0 bridgehead atoms. The second-order valence-corrected chi connectivity index (χ2v) is 4.71. The van der Waals surface area contributed by atoms with Crippen LogP contribution >= 0.6 is 0 Å². The van der Waals surface area contributed by atoms with E-state index in [9.17, 15) is 14.7 Å². The highest BCUT2D eigenvalue weighted by Crippen LogP contribution is 2.20. The maximum Gasteiger partial charge on any atom is 0.326 e. The van der Waals surface area contributed by atoms with Crippen molar-refractivity contribution in [2.45, 2.75) is 25.6 Å². The Labute approximate surface area is 119 Å². The summed E-state index contributed by atoms with van der Waals surface area (Å²) in [5.74, 6) is -0.439. The summed E-state index contributed by atoms with van der Waals surface area (Å²) in [6.45, 7) is 0.404. The molecule has 0 aromatic carbocycles. The number of hydrogen-bond acceptors (Lipinski definition) is 4. The Morgan fingerprint density at radius 1 is 1.43 bits per heavy atom. The normalized spacial score (nSPS) is 17.3. The molecule has 1 aliphatic heterocycles. The van der Waals surface area contributed by atoms with E-state index in [-0.39, 0.29) is 19.5 Å². The number of hydrogen-bond donors (Lipinski definition) is 4. The Bertz CT molecular complexity index is 650. The molecule has 110 valence electrons. The first-order chi connectivity index (χ1) is 10.1. The molecule has 4 N–H and O–H groups in total. The van der Waals surface area contributed by atoms with Crippen LogP contribution in [0.25, 0.3) is 0 Å². The van der Waals surface area contributed by atoms with Gasteiger partial charge in [-0.3, -0.25) is 0 Å². The molecule has 9 nitrogen and oxygen atoms in total. The van der Waals surface area contributed by atoms with Crippen LogP contribution in [0, 0.1) is 0 Å². The first-order valence-electron chi connectivity index (χ1n) is 6.42. The van der Waals surface area contributed by atoms with Crippen LogP contribution < -0.4 is 5.32 Å². The zero-order valence-corrected chi connectivity index (χ0v) is 11.0. The molecule has 2 amide bonds. The Balaban J connectivity index is 1.72. The zero-order chi connectivity index (χ0) is 14.8. The van der Waals surface area contributed by atoms with Gasteiger partial charge < -0.3 is 25.3 Å². The number of aromatic amines is 2. The molecule has 0 saturated carbocycles. The number of amides is 2. The zero-order valence-electron chi connectivity index (χ0n) is 11.0. The number of H-pyrrole nitrogens is 2. The van der Waals surface area contributed by atoms with Gasteiger partial charge in [0, 0.05) is 18.8 Å². The minimum Gasteiger partial charge on any atom is -0.480 e. The third-order valence-corrected chi connectivity index (χ3v) is 3.41. The lowest BCUT2D eigenvalue weighted by Gasteiger charge is -2.32. The van der Waals surface area contributed by atoms with Crippen molar-refractivity contribution in [1.82, 2.24) is 30.2 Å². The van der Waals surface area contributed by atoms with Crippen molar-refractivity contribution < 1.29 is 14.7 Å². The van der Waals surface area contributed by atoms with Gasteiger partial charge in [0.1, 0.15) is 11.9 Å². The molecule has 0 radical (unpaired) electrons. The summed E-state index contributed by atoms with van der Waals surface area (Å²) in [6, 6.07) is -1.36. The van der Waals surface area contributed by atoms with E-state index in [0.29, 0.717) is 11.5 Å². The number of aromatic nitrogens is 4. The summed E-state index contributed by atoms with van der Waals surface area (Å²) in [6.07, 6.45) is 4.94. The molecule has 1 unspecified atom stereocenters. The second kappa shape index (κ2) is 5.27. The molecular formula is C12H14N6O3. The van der Waals surface area contributed by atoms with Crippen LogP contribution in [0.3, 0.4) is 0 Å². The van der Waals surface area contributed by atoms with Gasteiger partial charge in [-0.05, 0) is 0 Å². The highest BCUT2D eigenvalue weighted by atomic mass is 16.4. The Kier molecular flexibility index (Phi) is 3.30. The standard InChI is InChI=1S/C12H14N6O3/c19-11(20)9-3-7-8(17-6-16-7)5-18(9)12(21)15-4-10-13-1-2-14-10/h1-2,6,9H,3-5H2,(H,13,14)(H,15,21)(H,16,17)(H,19,20). The first kappa shape index (κ1) is 13.2. The third-order valence-electron chi connectivity index (χ3n) is 3.41. The minimum absolute atomic E-state index is 0.191. The van der Waals surface area contributed by atoms with Gasteiger partial charge in [-0.25, -0.2) is 19.6 Å².